The van der Waals surface area contributed by atoms with E-state index in [1.165, 1.54) is 12.1 Å². The average Bonchev–Trinajstić information content (AvgIpc) is 2.40. The third-order valence-electron chi connectivity index (χ3n) is 3.74. The molecule has 0 N–H and O–H groups in total. The van der Waals surface area contributed by atoms with Crippen LogP contribution in [0.5, 0.6) is 5.75 Å². The van der Waals surface area contributed by atoms with Crippen molar-refractivity contribution in [2.45, 2.75) is 31.8 Å². The fourth-order valence-electron chi connectivity index (χ4n) is 2.74. The summed E-state index contributed by atoms with van der Waals surface area (Å²) in [5, 5.41) is 0. The number of halogens is 1. The highest BCUT2D eigenvalue weighted by molar-refractivity contribution is 5.99. The summed E-state index contributed by atoms with van der Waals surface area (Å²) < 4.78 is 19.0. The van der Waals surface area contributed by atoms with Crippen LogP contribution in [0.1, 0.15) is 36.0 Å². The molecule has 1 aromatic rings. The monoisotopic (exact) mass is 246 g/mol. The highest BCUT2D eigenvalue weighted by Crippen LogP contribution is 2.34. The Morgan fingerprint density at radius 3 is 2.94 bits per heavy atom. The number of rotatable bonds is 1. The van der Waals surface area contributed by atoms with Gasteiger partial charge in [0.1, 0.15) is 17.7 Å². The molecule has 1 aliphatic heterocycles. The van der Waals surface area contributed by atoms with Crippen molar-refractivity contribution in [1.29, 1.82) is 0 Å². The zero-order chi connectivity index (χ0) is 12.5. The van der Waals surface area contributed by atoms with Crippen molar-refractivity contribution in [2.24, 2.45) is 5.92 Å². The zero-order valence-corrected chi connectivity index (χ0v) is 10.1. The number of ketones is 1. The molecule has 2 aliphatic rings. The third kappa shape index (κ3) is 2.05. The van der Waals surface area contributed by atoms with Crippen LogP contribution in [0.25, 0.3) is 0 Å². The molecule has 2 atom stereocenters. The predicted octanol–water partition coefficient (Wildman–Crippen LogP) is 3.52. The van der Waals surface area contributed by atoms with E-state index >= 15 is 0 Å². The minimum absolute atomic E-state index is 0.00435. The van der Waals surface area contributed by atoms with Gasteiger partial charge in [0.15, 0.2) is 5.78 Å². The summed E-state index contributed by atoms with van der Waals surface area (Å²) in [5.41, 5.74) is 0.387. The van der Waals surface area contributed by atoms with Crippen LogP contribution in [-0.2, 0) is 0 Å². The van der Waals surface area contributed by atoms with E-state index in [1.807, 2.05) is 0 Å². The van der Waals surface area contributed by atoms with E-state index in [9.17, 15) is 9.18 Å². The zero-order valence-electron chi connectivity index (χ0n) is 10.1. The van der Waals surface area contributed by atoms with Crippen LogP contribution in [-0.4, -0.2) is 11.9 Å². The molecule has 3 heteroatoms. The lowest BCUT2D eigenvalue weighted by Crippen LogP contribution is -2.34. The summed E-state index contributed by atoms with van der Waals surface area (Å²) in [6, 6.07) is 4.18. The Labute approximate surface area is 105 Å². The molecule has 0 saturated carbocycles. The molecule has 1 aromatic carbocycles. The van der Waals surface area contributed by atoms with Gasteiger partial charge >= 0.3 is 0 Å². The highest BCUT2D eigenvalue weighted by atomic mass is 19.1. The predicted molar refractivity (Wildman–Crippen MR) is 66.2 cm³/mol. The molecule has 94 valence electrons. The van der Waals surface area contributed by atoms with Crippen molar-refractivity contribution in [2.75, 3.05) is 0 Å². The molecule has 0 amide bonds. The van der Waals surface area contributed by atoms with Crippen LogP contribution in [0.2, 0.25) is 0 Å². The number of hydrogen-bond donors (Lipinski definition) is 0. The Balaban J connectivity index is 1.85. The lowest BCUT2D eigenvalue weighted by Gasteiger charge is -2.32. The normalized spacial score (nSPS) is 26.6. The first-order valence-electron chi connectivity index (χ1n) is 6.38. The maximum absolute atomic E-state index is 13.1. The molecule has 3 rings (SSSR count). The molecular formula is C15H15FO2. The van der Waals surface area contributed by atoms with Crippen molar-refractivity contribution in [3.63, 3.8) is 0 Å². The third-order valence-corrected chi connectivity index (χ3v) is 3.74. The van der Waals surface area contributed by atoms with E-state index in [4.69, 9.17) is 4.74 Å². The van der Waals surface area contributed by atoms with Crippen molar-refractivity contribution in [3.05, 3.63) is 41.7 Å². The molecule has 2 nitrogen and oxygen atoms in total. The molecule has 0 saturated heterocycles. The average molecular weight is 246 g/mol. The number of ether oxygens (including phenoxy) is 1. The highest BCUT2D eigenvalue weighted by Gasteiger charge is 2.32. The fraction of sp³-hybridized carbons (Fsp3) is 0.400. The van der Waals surface area contributed by atoms with Crippen molar-refractivity contribution in [1.82, 2.24) is 0 Å². The summed E-state index contributed by atoms with van der Waals surface area (Å²) in [5.74, 6) is 0.546. The van der Waals surface area contributed by atoms with E-state index < -0.39 is 0 Å². The molecule has 0 bridgehead atoms. The maximum atomic E-state index is 13.1. The minimum Gasteiger partial charge on any atom is -0.489 e. The first kappa shape index (κ1) is 11.5. The van der Waals surface area contributed by atoms with Gasteiger partial charge in [-0.3, -0.25) is 4.79 Å². The van der Waals surface area contributed by atoms with Gasteiger partial charge in [-0.25, -0.2) is 4.39 Å². The van der Waals surface area contributed by atoms with Gasteiger partial charge in [0.05, 0.1) is 5.56 Å². The Morgan fingerprint density at radius 1 is 1.28 bits per heavy atom. The molecule has 0 fully saturated rings. The minimum atomic E-state index is -0.384. The largest absolute Gasteiger partial charge is 0.489 e. The van der Waals surface area contributed by atoms with Gasteiger partial charge in [0, 0.05) is 12.3 Å². The van der Waals surface area contributed by atoms with E-state index in [2.05, 4.69) is 12.2 Å². The number of carbonyl (C=O) groups is 1. The fourth-order valence-corrected chi connectivity index (χ4v) is 2.74. The molecular weight excluding hydrogens is 231 g/mol. The van der Waals surface area contributed by atoms with Gasteiger partial charge in [0.2, 0.25) is 0 Å². The molecule has 0 spiro atoms. The maximum Gasteiger partial charge on any atom is 0.170 e. The number of benzene rings is 1. The number of carbonyl (C=O) groups excluding carboxylic acids is 1. The van der Waals surface area contributed by atoms with Gasteiger partial charge in [-0.05, 0) is 37.5 Å². The summed E-state index contributed by atoms with van der Waals surface area (Å²) >= 11 is 0. The second kappa shape index (κ2) is 4.56. The van der Waals surface area contributed by atoms with Gasteiger partial charge in [-0.15, -0.1) is 0 Å². The number of hydrogen-bond acceptors (Lipinski definition) is 2. The first-order valence-corrected chi connectivity index (χ1v) is 6.38. The summed E-state index contributed by atoms with van der Waals surface area (Å²) in [6.45, 7) is 0. The summed E-state index contributed by atoms with van der Waals surface area (Å²) in [6.07, 6.45) is 7.72. The topological polar surface area (TPSA) is 26.3 Å². The Kier molecular flexibility index (Phi) is 2.90. The molecule has 0 radical (unpaired) electrons. The van der Waals surface area contributed by atoms with Crippen LogP contribution in [0.4, 0.5) is 4.39 Å². The lowest BCUT2D eigenvalue weighted by molar-refractivity contribution is 0.0712. The lowest BCUT2D eigenvalue weighted by atomic mass is 9.85. The smallest absolute Gasteiger partial charge is 0.170 e. The van der Waals surface area contributed by atoms with Crippen LogP contribution >= 0.6 is 0 Å². The van der Waals surface area contributed by atoms with Gasteiger partial charge in [-0.2, -0.15) is 0 Å². The summed E-state index contributed by atoms with van der Waals surface area (Å²) in [4.78, 5) is 12.0. The van der Waals surface area contributed by atoms with Gasteiger partial charge < -0.3 is 4.74 Å². The van der Waals surface area contributed by atoms with E-state index in [0.29, 0.717) is 23.7 Å². The molecule has 18 heavy (non-hydrogen) atoms. The molecule has 1 heterocycles. The van der Waals surface area contributed by atoms with Crippen LogP contribution in [0, 0.1) is 11.7 Å². The Bertz CT molecular complexity index is 507. The van der Waals surface area contributed by atoms with Crippen molar-refractivity contribution >= 4 is 5.78 Å². The van der Waals surface area contributed by atoms with Crippen molar-refractivity contribution in [3.8, 4) is 5.75 Å². The van der Waals surface area contributed by atoms with E-state index in [0.717, 1.165) is 19.3 Å². The van der Waals surface area contributed by atoms with E-state index in [1.54, 1.807) is 6.07 Å². The Hall–Kier alpha value is -1.64. The first-order chi connectivity index (χ1) is 8.74. The summed E-state index contributed by atoms with van der Waals surface area (Å²) in [7, 11) is 0. The number of fused-ring (bicyclic) bond motifs is 1. The van der Waals surface area contributed by atoms with Crippen LogP contribution in [0.15, 0.2) is 30.4 Å². The standard InChI is InChI=1S/C15H15FO2/c16-11-6-7-14-12(8-11)13(17)9-15(18-14)10-4-2-1-3-5-10/h1-2,6-8,10,15H,3-5,9H2. The quantitative estimate of drug-likeness (QED) is 0.709. The van der Waals surface area contributed by atoms with Crippen LogP contribution < -0.4 is 4.74 Å². The van der Waals surface area contributed by atoms with Gasteiger partial charge in [0.25, 0.3) is 0 Å². The molecule has 2 unspecified atom stereocenters. The Morgan fingerprint density at radius 2 is 2.17 bits per heavy atom. The second-order valence-electron chi connectivity index (χ2n) is 4.97. The second-order valence-corrected chi connectivity index (χ2v) is 4.97. The van der Waals surface area contributed by atoms with E-state index in [-0.39, 0.29) is 17.7 Å². The molecule has 0 aromatic heterocycles. The van der Waals surface area contributed by atoms with Crippen molar-refractivity contribution < 1.29 is 13.9 Å². The number of allylic oxidation sites excluding steroid dienone is 2. The van der Waals surface area contributed by atoms with Gasteiger partial charge in [-0.1, -0.05) is 12.2 Å². The number of Topliss-reactive ketones (excluding diaryl/α,β-unsaturated/α-hetero) is 1. The molecule has 1 aliphatic carbocycles. The van der Waals surface area contributed by atoms with Crippen LogP contribution in [0.3, 0.4) is 0 Å². The SMILES string of the molecule is O=C1CC(C2CC=CCC2)Oc2ccc(F)cc21.